The van der Waals surface area contributed by atoms with Gasteiger partial charge < -0.3 is 5.73 Å². The molecule has 0 spiro atoms. The van der Waals surface area contributed by atoms with E-state index in [0.717, 1.165) is 17.5 Å². The Balaban J connectivity index is 2.29. The van der Waals surface area contributed by atoms with Crippen molar-refractivity contribution >= 4 is 11.6 Å². The maximum atomic E-state index is 5.94. The Morgan fingerprint density at radius 1 is 1.24 bits per heavy atom. The van der Waals surface area contributed by atoms with Crippen LogP contribution >= 0.6 is 11.6 Å². The molecule has 88 valence electrons. The van der Waals surface area contributed by atoms with Crippen molar-refractivity contribution in [3.8, 4) is 11.1 Å². The van der Waals surface area contributed by atoms with Crippen LogP contribution in [-0.2, 0) is 0 Å². The zero-order valence-corrected chi connectivity index (χ0v) is 10.4. The number of benzene rings is 1. The molecule has 0 bridgehead atoms. The molecule has 2 rings (SSSR count). The van der Waals surface area contributed by atoms with Crippen molar-refractivity contribution in [3.05, 3.63) is 47.5 Å². The van der Waals surface area contributed by atoms with Crippen molar-refractivity contribution < 1.29 is 0 Å². The van der Waals surface area contributed by atoms with E-state index in [1.165, 1.54) is 0 Å². The zero-order chi connectivity index (χ0) is 12.3. The summed E-state index contributed by atoms with van der Waals surface area (Å²) in [6.45, 7) is 2.01. The fourth-order valence-corrected chi connectivity index (χ4v) is 1.72. The Hall–Kier alpha value is -1.45. The van der Waals surface area contributed by atoms with Gasteiger partial charge in [-0.3, -0.25) is 0 Å². The van der Waals surface area contributed by atoms with Gasteiger partial charge in [-0.25, -0.2) is 9.97 Å². The summed E-state index contributed by atoms with van der Waals surface area (Å²) in [6, 6.07) is 7.52. The summed E-state index contributed by atoms with van der Waals surface area (Å²) < 4.78 is 0. The number of halogens is 1. The highest BCUT2D eigenvalue weighted by molar-refractivity contribution is 6.30. The molecule has 0 radical (unpaired) electrons. The molecule has 0 aliphatic carbocycles. The molecule has 1 aromatic heterocycles. The molecule has 3 nitrogen and oxygen atoms in total. The number of hydrogen-bond donors (Lipinski definition) is 1. The Morgan fingerprint density at radius 2 is 1.94 bits per heavy atom. The van der Waals surface area contributed by atoms with Crippen LogP contribution in [0.25, 0.3) is 11.1 Å². The molecule has 17 heavy (non-hydrogen) atoms. The normalized spacial score (nSPS) is 12.4. The summed E-state index contributed by atoms with van der Waals surface area (Å²) in [6.07, 6.45) is 4.39. The predicted molar refractivity (Wildman–Crippen MR) is 69.7 cm³/mol. The van der Waals surface area contributed by atoms with Crippen LogP contribution in [0.4, 0.5) is 0 Å². The molecule has 0 amide bonds. The molecule has 0 saturated heterocycles. The van der Waals surface area contributed by atoms with Crippen LogP contribution in [0, 0.1) is 0 Å². The molecular weight excluding hydrogens is 234 g/mol. The van der Waals surface area contributed by atoms with Crippen molar-refractivity contribution in [1.82, 2.24) is 9.97 Å². The van der Waals surface area contributed by atoms with Crippen molar-refractivity contribution in [1.29, 1.82) is 0 Å². The van der Waals surface area contributed by atoms with Crippen molar-refractivity contribution in [2.24, 2.45) is 5.73 Å². The largest absolute Gasteiger partial charge is 0.321 e. The molecule has 1 unspecified atom stereocenters. The summed E-state index contributed by atoms with van der Waals surface area (Å²) in [5, 5.41) is 0.705. The third kappa shape index (κ3) is 2.81. The Kier molecular flexibility index (Phi) is 3.71. The van der Waals surface area contributed by atoms with Crippen LogP contribution in [0.15, 0.2) is 36.7 Å². The van der Waals surface area contributed by atoms with E-state index < -0.39 is 0 Å². The molecule has 0 aliphatic heterocycles. The average Bonchev–Trinajstić information content (AvgIpc) is 2.38. The van der Waals surface area contributed by atoms with Crippen LogP contribution < -0.4 is 5.73 Å². The summed E-state index contributed by atoms with van der Waals surface area (Å²) in [5.41, 5.74) is 7.81. The molecule has 1 atom stereocenters. The van der Waals surface area contributed by atoms with E-state index in [0.29, 0.717) is 10.8 Å². The minimum Gasteiger partial charge on any atom is -0.321 e. The van der Waals surface area contributed by atoms with Gasteiger partial charge in [0.25, 0.3) is 0 Å². The number of aromatic nitrogens is 2. The van der Waals surface area contributed by atoms with Gasteiger partial charge in [0.2, 0.25) is 0 Å². The summed E-state index contributed by atoms with van der Waals surface area (Å²) in [7, 11) is 0. The van der Waals surface area contributed by atoms with Gasteiger partial charge in [0.05, 0.1) is 6.04 Å². The molecule has 1 heterocycles. The minimum atomic E-state index is -0.0941. The maximum Gasteiger partial charge on any atom is 0.144 e. The van der Waals surface area contributed by atoms with E-state index in [2.05, 4.69) is 9.97 Å². The van der Waals surface area contributed by atoms with Crippen LogP contribution in [-0.4, -0.2) is 9.97 Å². The van der Waals surface area contributed by atoms with Gasteiger partial charge in [-0.1, -0.05) is 30.7 Å². The van der Waals surface area contributed by atoms with E-state index in [-0.39, 0.29) is 6.04 Å². The lowest BCUT2D eigenvalue weighted by atomic mass is 10.1. The van der Waals surface area contributed by atoms with Gasteiger partial charge in [-0.2, -0.15) is 0 Å². The second kappa shape index (κ2) is 5.25. The molecular formula is C13H14ClN3. The number of nitrogens with two attached hydrogens (primary N) is 1. The van der Waals surface area contributed by atoms with E-state index >= 15 is 0 Å². The number of rotatable bonds is 3. The second-order valence-corrected chi connectivity index (χ2v) is 4.29. The SMILES string of the molecule is CCC(N)c1ncc(-c2cccc(Cl)c2)cn1. The predicted octanol–water partition coefficient (Wildman–Crippen LogP) is 3.21. The number of hydrogen-bond acceptors (Lipinski definition) is 3. The first-order chi connectivity index (χ1) is 8.20. The monoisotopic (exact) mass is 247 g/mol. The number of nitrogens with zero attached hydrogens (tertiary/aromatic N) is 2. The Bertz CT molecular complexity index is 496. The molecule has 0 fully saturated rings. The van der Waals surface area contributed by atoms with Crippen molar-refractivity contribution in [2.75, 3.05) is 0 Å². The lowest BCUT2D eigenvalue weighted by Crippen LogP contribution is -2.12. The molecule has 1 aromatic carbocycles. The van der Waals surface area contributed by atoms with Crippen LogP contribution in [0.1, 0.15) is 25.2 Å². The van der Waals surface area contributed by atoms with E-state index in [1.807, 2.05) is 31.2 Å². The van der Waals surface area contributed by atoms with Gasteiger partial charge in [-0.05, 0) is 24.1 Å². The Labute approximate surface area is 106 Å². The first-order valence-corrected chi connectivity index (χ1v) is 5.92. The first kappa shape index (κ1) is 12.0. The summed E-state index contributed by atoms with van der Waals surface area (Å²) >= 11 is 5.94. The van der Waals surface area contributed by atoms with E-state index in [4.69, 9.17) is 17.3 Å². The van der Waals surface area contributed by atoms with Crippen LogP contribution in [0.3, 0.4) is 0 Å². The fraction of sp³-hybridized carbons (Fsp3) is 0.231. The van der Waals surface area contributed by atoms with Gasteiger partial charge in [0.15, 0.2) is 0 Å². The van der Waals surface area contributed by atoms with E-state index in [9.17, 15) is 0 Å². The van der Waals surface area contributed by atoms with Crippen molar-refractivity contribution in [3.63, 3.8) is 0 Å². The highest BCUT2D eigenvalue weighted by Gasteiger charge is 2.06. The summed E-state index contributed by atoms with van der Waals surface area (Å²) in [4.78, 5) is 8.55. The maximum absolute atomic E-state index is 5.94. The fourth-order valence-electron chi connectivity index (χ4n) is 1.53. The molecule has 2 N–H and O–H groups in total. The third-order valence-electron chi connectivity index (χ3n) is 2.60. The van der Waals surface area contributed by atoms with Crippen LogP contribution in [0.5, 0.6) is 0 Å². The summed E-state index contributed by atoms with van der Waals surface area (Å²) in [5.74, 6) is 0.679. The highest BCUT2D eigenvalue weighted by atomic mass is 35.5. The van der Waals surface area contributed by atoms with Crippen molar-refractivity contribution in [2.45, 2.75) is 19.4 Å². The van der Waals surface area contributed by atoms with Gasteiger partial charge >= 0.3 is 0 Å². The topological polar surface area (TPSA) is 51.8 Å². The lowest BCUT2D eigenvalue weighted by molar-refractivity contribution is 0.649. The van der Waals surface area contributed by atoms with Gasteiger partial charge in [0, 0.05) is 23.0 Å². The second-order valence-electron chi connectivity index (χ2n) is 3.86. The smallest absolute Gasteiger partial charge is 0.144 e. The molecule has 2 aromatic rings. The Morgan fingerprint density at radius 3 is 2.53 bits per heavy atom. The first-order valence-electron chi connectivity index (χ1n) is 5.54. The molecule has 0 aliphatic rings. The average molecular weight is 248 g/mol. The highest BCUT2D eigenvalue weighted by Crippen LogP contribution is 2.21. The third-order valence-corrected chi connectivity index (χ3v) is 2.84. The molecule has 0 saturated carbocycles. The van der Waals surface area contributed by atoms with Crippen LogP contribution in [0.2, 0.25) is 5.02 Å². The van der Waals surface area contributed by atoms with Gasteiger partial charge in [-0.15, -0.1) is 0 Å². The standard InChI is InChI=1S/C13H14ClN3/c1-2-12(15)13-16-7-10(8-17-13)9-4-3-5-11(14)6-9/h3-8,12H,2,15H2,1H3. The molecule has 4 heteroatoms. The van der Waals surface area contributed by atoms with E-state index in [1.54, 1.807) is 12.4 Å². The quantitative estimate of drug-likeness (QED) is 0.906. The minimum absolute atomic E-state index is 0.0941. The van der Waals surface area contributed by atoms with Gasteiger partial charge in [0.1, 0.15) is 5.82 Å². The zero-order valence-electron chi connectivity index (χ0n) is 9.60. The lowest BCUT2D eigenvalue weighted by Gasteiger charge is -2.07.